The van der Waals surface area contributed by atoms with Crippen LogP contribution in [-0.4, -0.2) is 24.5 Å². The lowest BCUT2D eigenvalue weighted by atomic mass is 9.86. The number of nitrogens with one attached hydrogen (secondary N) is 2. The van der Waals surface area contributed by atoms with E-state index in [0.29, 0.717) is 6.54 Å². The zero-order valence-corrected chi connectivity index (χ0v) is 13.6. The van der Waals surface area contributed by atoms with Crippen LogP contribution in [0, 0.1) is 0 Å². The predicted molar refractivity (Wildman–Crippen MR) is 85.2 cm³/mol. The molecule has 0 radical (unpaired) electrons. The normalized spacial score (nSPS) is 12.3. The lowest BCUT2D eigenvalue weighted by molar-refractivity contribution is 0.0953. The van der Waals surface area contributed by atoms with Crippen molar-refractivity contribution in [1.29, 1.82) is 0 Å². The van der Waals surface area contributed by atoms with E-state index < -0.39 is 0 Å². The molecule has 0 spiro atoms. The molecule has 0 saturated carbocycles. The van der Waals surface area contributed by atoms with Crippen LogP contribution in [0.4, 0.5) is 0 Å². The molecule has 0 aromatic heterocycles. The molecule has 1 amide bonds. The molecule has 1 rings (SSSR count). The van der Waals surface area contributed by atoms with E-state index in [4.69, 9.17) is 0 Å². The number of hydrogen-bond acceptors (Lipinski definition) is 2. The molecule has 0 fully saturated rings. The van der Waals surface area contributed by atoms with Crippen LogP contribution in [0.25, 0.3) is 0 Å². The SMILES string of the molecule is CC(C)(C)NCCNC(=O)c1cccc(C(C)(C)C)c1. The molecule has 0 heterocycles. The first-order valence-electron chi connectivity index (χ1n) is 7.23. The zero-order chi connectivity index (χ0) is 15.4. The molecule has 0 aliphatic rings. The highest BCUT2D eigenvalue weighted by molar-refractivity contribution is 5.94. The molecule has 0 aliphatic carbocycles. The highest BCUT2D eigenvalue weighted by Gasteiger charge is 2.15. The number of rotatable bonds is 4. The van der Waals surface area contributed by atoms with E-state index in [1.165, 1.54) is 5.56 Å². The monoisotopic (exact) mass is 276 g/mol. The van der Waals surface area contributed by atoms with Crippen molar-refractivity contribution in [2.45, 2.75) is 52.5 Å². The Hall–Kier alpha value is -1.35. The van der Waals surface area contributed by atoms with Gasteiger partial charge in [-0.3, -0.25) is 4.79 Å². The van der Waals surface area contributed by atoms with Crippen molar-refractivity contribution in [2.24, 2.45) is 0 Å². The minimum atomic E-state index is -0.00758. The highest BCUT2D eigenvalue weighted by Crippen LogP contribution is 2.22. The molecule has 3 heteroatoms. The summed E-state index contributed by atoms with van der Waals surface area (Å²) in [6.07, 6.45) is 0. The van der Waals surface area contributed by atoms with Crippen molar-refractivity contribution in [3.63, 3.8) is 0 Å². The summed E-state index contributed by atoms with van der Waals surface area (Å²) in [7, 11) is 0. The van der Waals surface area contributed by atoms with Crippen LogP contribution in [0.15, 0.2) is 24.3 Å². The third kappa shape index (κ3) is 5.74. The summed E-state index contributed by atoms with van der Waals surface area (Å²) in [6, 6.07) is 7.86. The summed E-state index contributed by atoms with van der Waals surface area (Å²) < 4.78 is 0. The van der Waals surface area contributed by atoms with Gasteiger partial charge in [-0.1, -0.05) is 32.9 Å². The number of carbonyl (C=O) groups excluding carboxylic acids is 1. The maximum Gasteiger partial charge on any atom is 0.251 e. The smallest absolute Gasteiger partial charge is 0.251 e. The zero-order valence-electron chi connectivity index (χ0n) is 13.6. The molecule has 2 N–H and O–H groups in total. The van der Waals surface area contributed by atoms with E-state index >= 15 is 0 Å². The van der Waals surface area contributed by atoms with Crippen LogP contribution in [0.3, 0.4) is 0 Å². The first-order valence-corrected chi connectivity index (χ1v) is 7.23. The van der Waals surface area contributed by atoms with Gasteiger partial charge in [-0.25, -0.2) is 0 Å². The Labute approximate surface area is 123 Å². The largest absolute Gasteiger partial charge is 0.351 e. The van der Waals surface area contributed by atoms with Crippen LogP contribution in [0.2, 0.25) is 0 Å². The minimum Gasteiger partial charge on any atom is -0.351 e. The minimum absolute atomic E-state index is 0.00758. The number of benzene rings is 1. The van der Waals surface area contributed by atoms with Crippen molar-refractivity contribution >= 4 is 5.91 Å². The van der Waals surface area contributed by atoms with Crippen molar-refractivity contribution in [3.05, 3.63) is 35.4 Å². The van der Waals surface area contributed by atoms with Crippen molar-refractivity contribution < 1.29 is 4.79 Å². The molecule has 0 unspecified atom stereocenters. The average Bonchev–Trinajstić information content (AvgIpc) is 2.32. The number of hydrogen-bond donors (Lipinski definition) is 2. The van der Waals surface area contributed by atoms with Gasteiger partial charge in [0.15, 0.2) is 0 Å². The molecular weight excluding hydrogens is 248 g/mol. The Morgan fingerprint density at radius 3 is 2.25 bits per heavy atom. The first kappa shape index (κ1) is 16.7. The van der Waals surface area contributed by atoms with Crippen molar-refractivity contribution in [3.8, 4) is 0 Å². The summed E-state index contributed by atoms with van der Waals surface area (Å²) in [5.74, 6) is -0.00758. The van der Waals surface area contributed by atoms with Gasteiger partial charge in [-0.2, -0.15) is 0 Å². The third-order valence-corrected chi connectivity index (χ3v) is 3.06. The predicted octanol–water partition coefficient (Wildman–Crippen LogP) is 3.10. The molecule has 0 saturated heterocycles. The van der Waals surface area contributed by atoms with E-state index in [1.54, 1.807) is 0 Å². The fourth-order valence-corrected chi connectivity index (χ4v) is 1.84. The van der Waals surface area contributed by atoms with Crippen molar-refractivity contribution in [2.75, 3.05) is 13.1 Å². The van der Waals surface area contributed by atoms with E-state index in [9.17, 15) is 4.79 Å². The van der Waals surface area contributed by atoms with Gasteiger partial charge >= 0.3 is 0 Å². The van der Waals surface area contributed by atoms with Gasteiger partial charge in [0.1, 0.15) is 0 Å². The second kappa shape index (κ2) is 6.40. The molecule has 0 atom stereocenters. The average molecular weight is 276 g/mol. The lowest BCUT2D eigenvalue weighted by Crippen LogP contribution is -2.41. The summed E-state index contributed by atoms with van der Waals surface area (Å²) in [4.78, 5) is 12.1. The molecule has 1 aromatic rings. The Morgan fingerprint density at radius 1 is 1.05 bits per heavy atom. The first-order chi connectivity index (χ1) is 9.09. The van der Waals surface area contributed by atoms with Crippen LogP contribution in [-0.2, 0) is 5.41 Å². The molecule has 1 aromatic carbocycles. The Balaban J connectivity index is 2.56. The Bertz CT molecular complexity index is 453. The van der Waals surface area contributed by atoms with Gasteiger partial charge < -0.3 is 10.6 Å². The molecule has 0 aliphatic heterocycles. The molecule has 0 bridgehead atoms. The Morgan fingerprint density at radius 2 is 1.70 bits per heavy atom. The van der Waals surface area contributed by atoms with Gasteiger partial charge in [-0.15, -0.1) is 0 Å². The van der Waals surface area contributed by atoms with Crippen LogP contribution < -0.4 is 10.6 Å². The maximum absolute atomic E-state index is 12.1. The molecular formula is C17H28N2O. The van der Waals surface area contributed by atoms with Gasteiger partial charge in [0.05, 0.1) is 0 Å². The van der Waals surface area contributed by atoms with E-state index in [1.807, 2.05) is 18.2 Å². The topological polar surface area (TPSA) is 41.1 Å². The van der Waals surface area contributed by atoms with Gasteiger partial charge in [-0.05, 0) is 43.9 Å². The molecule has 20 heavy (non-hydrogen) atoms. The fraction of sp³-hybridized carbons (Fsp3) is 0.588. The van der Waals surface area contributed by atoms with E-state index in [-0.39, 0.29) is 16.9 Å². The second-order valence-electron chi connectivity index (χ2n) is 7.26. The van der Waals surface area contributed by atoms with Gasteiger partial charge in [0, 0.05) is 24.2 Å². The standard InChI is InChI=1S/C17H28N2O/c1-16(2,3)14-9-7-8-13(12-14)15(20)18-10-11-19-17(4,5)6/h7-9,12,19H,10-11H2,1-6H3,(H,18,20). The summed E-state index contributed by atoms with van der Waals surface area (Å²) in [5.41, 5.74) is 2.05. The van der Waals surface area contributed by atoms with E-state index in [0.717, 1.165) is 12.1 Å². The number of amides is 1. The third-order valence-electron chi connectivity index (χ3n) is 3.06. The van der Waals surface area contributed by atoms with E-state index in [2.05, 4.69) is 58.2 Å². The summed E-state index contributed by atoms with van der Waals surface area (Å²) in [5, 5.41) is 6.30. The second-order valence-corrected chi connectivity index (χ2v) is 7.26. The molecule has 112 valence electrons. The number of carbonyl (C=O) groups is 1. The lowest BCUT2D eigenvalue weighted by Gasteiger charge is -2.21. The van der Waals surface area contributed by atoms with Crippen LogP contribution in [0.1, 0.15) is 57.5 Å². The van der Waals surface area contributed by atoms with Crippen LogP contribution >= 0.6 is 0 Å². The fourth-order valence-electron chi connectivity index (χ4n) is 1.84. The summed E-state index contributed by atoms with van der Waals surface area (Å²) in [6.45, 7) is 14.2. The quantitative estimate of drug-likeness (QED) is 0.830. The highest BCUT2D eigenvalue weighted by atomic mass is 16.1. The maximum atomic E-state index is 12.1. The molecule has 3 nitrogen and oxygen atoms in total. The summed E-state index contributed by atoms with van der Waals surface area (Å²) >= 11 is 0. The van der Waals surface area contributed by atoms with Gasteiger partial charge in [0.25, 0.3) is 5.91 Å². The van der Waals surface area contributed by atoms with Crippen LogP contribution in [0.5, 0.6) is 0 Å². The Kier molecular flexibility index (Phi) is 5.35. The van der Waals surface area contributed by atoms with Gasteiger partial charge in [0.2, 0.25) is 0 Å². The van der Waals surface area contributed by atoms with Crippen molar-refractivity contribution in [1.82, 2.24) is 10.6 Å².